The normalized spacial score (nSPS) is 13.5. The van der Waals surface area contributed by atoms with E-state index in [4.69, 9.17) is 5.14 Å². The molecule has 0 amide bonds. The standard InChI is InChI=1S/C5H14N2O2S2/c1-5(2,10-3)4-7-11(6,8)9/h7H,4H2,1-3H3,(H2,6,8,9). The van der Waals surface area contributed by atoms with Crippen LogP contribution in [0.2, 0.25) is 0 Å². The Morgan fingerprint density at radius 2 is 2.00 bits per heavy atom. The first-order valence-electron chi connectivity index (χ1n) is 3.09. The monoisotopic (exact) mass is 198 g/mol. The maximum absolute atomic E-state index is 10.5. The molecule has 0 unspecified atom stereocenters. The predicted molar refractivity (Wildman–Crippen MR) is 48.7 cm³/mol. The van der Waals surface area contributed by atoms with Crippen molar-refractivity contribution in [3.8, 4) is 0 Å². The first kappa shape index (κ1) is 11.2. The van der Waals surface area contributed by atoms with Crippen LogP contribution in [0, 0.1) is 0 Å². The summed E-state index contributed by atoms with van der Waals surface area (Å²) in [6, 6.07) is 0. The maximum Gasteiger partial charge on any atom is 0.274 e. The highest BCUT2D eigenvalue weighted by Gasteiger charge is 2.17. The van der Waals surface area contributed by atoms with Crippen molar-refractivity contribution >= 4 is 22.0 Å². The topological polar surface area (TPSA) is 72.2 Å². The number of nitrogens with two attached hydrogens (primary N) is 1. The van der Waals surface area contributed by atoms with E-state index in [0.717, 1.165) is 0 Å². The third-order valence-electron chi connectivity index (χ3n) is 1.25. The van der Waals surface area contributed by atoms with Crippen molar-refractivity contribution in [2.45, 2.75) is 18.6 Å². The van der Waals surface area contributed by atoms with Crippen LogP contribution in [0.25, 0.3) is 0 Å². The van der Waals surface area contributed by atoms with E-state index in [0.29, 0.717) is 6.54 Å². The number of nitrogens with one attached hydrogen (secondary N) is 1. The van der Waals surface area contributed by atoms with Crippen LogP contribution < -0.4 is 9.86 Å². The van der Waals surface area contributed by atoms with Gasteiger partial charge in [0.05, 0.1) is 0 Å². The van der Waals surface area contributed by atoms with E-state index in [1.807, 2.05) is 20.1 Å². The molecule has 11 heavy (non-hydrogen) atoms. The Labute approximate surface area is 72.1 Å². The van der Waals surface area contributed by atoms with Gasteiger partial charge in [-0.05, 0) is 20.1 Å². The minimum absolute atomic E-state index is 0.105. The molecule has 6 heteroatoms. The lowest BCUT2D eigenvalue weighted by Gasteiger charge is -2.21. The highest BCUT2D eigenvalue weighted by Crippen LogP contribution is 2.19. The lowest BCUT2D eigenvalue weighted by atomic mass is 10.2. The first-order valence-corrected chi connectivity index (χ1v) is 5.86. The average Bonchev–Trinajstić information content (AvgIpc) is 1.83. The van der Waals surface area contributed by atoms with E-state index in [1.54, 1.807) is 11.8 Å². The maximum atomic E-state index is 10.5. The summed E-state index contributed by atoms with van der Waals surface area (Å²) in [6.45, 7) is 4.23. The molecule has 0 saturated heterocycles. The first-order chi connectivity index (χ1) is 4.77. The summed E-state index contributed by atoms with van der Waals surface area (Å²) < 4.78 is 23.0. The summed E-state index contributed by atoms with van der Waals surface area (Å²) in [5.41, 5.74) is 0. The average molecular weight is 198 g/mol. The number of rotatable bonds is 4. The minimum atomic E-state index is -3.53. The van der Waals surface area contributed by atoms with Crippen LogP contribution in [0.15, 0.2) is 0 Å². The highest BCUT2D eigenvalue weighted by molar-refractivity contribution is 8.00. The molecule has 0 aromatic carbocycles. The molecular formula is C5H14N2O2S2. The second-order valence-electron chi connectivity index (χ2n) is 2.83. The largest absolute Gasteiger partial charge is 0.274 e. The van der Waals surface area contributed by atoms with Crippen molar-refractivity contribution in [1.29, 1.82) is 0 Å². The lowest BCUT2D eigenvalue weighted by molar-refractivity contribution is 0.572. The molecular weight excluding hydrogens is 184 g/mol. The smallest absolute Gasteiger partial charge is 0.216 e. The summed E-state index contributed by atoms with van der Waals surface area (Å²) in [5.74, 6) is 0. The Hall–Kier alpha value is 0.220. The van der Waals surface area contributed by atoms with Crippen LogP contribution in [0.4, 0.5) is 0 Å². The zero-order chi connectivity index (χ0) is 9.12. The van der Waals surface area contributed by atoms with Crippen molar-refractivity contribution in [3.05, 3.63) is 0 Å². The predicted octanol–water partition coefficient (Wildman–Crippen LogP) is -0.0789. The second kappa shape index (κ2) is 3.75. The third-order valence-corrected chi connectivity index (χ3v) is 3.05. The Morgan fingerprint density at radius 1 is 1.55 bits per heavy atom. The number of hydrogen-bond donors (Lipinski definition) is 2. The molecule has 0 aliphatic rings. The molecule has 0 heterocycles. The Morgan fingerprint density at radius 3 is 2.27 bits per heavy atom. The molecule has 0 radical (unpaired) electrons. The molecule has 0 aliphatic heterocycles. The third kappa shape index (κ3) is 6.61. The summed E-state index contributed by atoms with van der Waals surface area (Å²) in [7, 11) is -3.53. The van der Waals surface area contributed by atoms with Gasteiger partial charge in [0.1, 0.15) is 0 Å². The van der Waals surface area contributed by atoms with Crippen LogP contribution in [0.5, 0.6) is 0 Å². The summed E-state index contributed by atoms with van der Waals surface area (Å²) in [5, 5.41) is 4.75. The van der Waals surface area contributed by atoms with Crippen LogP contribution in [-0.4, -0.2) is 26.0 Å². The number of hydrogen-bond acceptors (Lipinski definition) is 3. The molecule has 0 aromatic heterocycles. The molecule has 0 fully saturated rings. The van der Waals surface area contributed by atoms with E-state index < -0.39 is 10.2 Å². The molecule has 0 atom stereocenters. The van der Waals surface area contributed by atoms with Gasteiger partial charge in [0, 0.05) is 11.3 Å². The Balaban J connectivity index is 3.90. The van der Waals surface area contributed by atoms with Gasteiger partial charge in [0.2, 0.25) is 0 Å². The molecule has 0 aliphatic carbocycles. The molecule has 4 nitrogen and oxygen atoms in total. The van der Waals surface area contributed by atoms with Gasteiger partial charge in [0.25, 0.3) is 10.2 Å². The van der Waals surface area contributed by atoms with Gasteiger partial charge < -0.3 is 0 Å². The van der Waals surface area contributed by atoms with Crippen molar-refractivity contribution in [2.75, 3.05) is 12.8 Å². The lowest BCUT2D eigenvalue weighted by Crippen LogP contribution is -2.39. The van der Waals surface area contributed by atoms with E-state index >= 15 is 0 Å². The van der Waals surface area contributed by atoms with Crippen LogP contribution in [-0.2, 0) is 10.2 Å². The Bertz CT molecular complexity index is 211. The molecule has 3 N–H and O–H groups in total. The van der Waals surface area contributed by atoms with Crippen molar-refractivity contribution in [2.24, 2.45) is 5.14 Å². The quantitative estimate of drug-likeness (QED) is 0.663. The Kier molecular flexibility index (Phi) is 3.83. The second-order valence-corrected chi connectivity index (χ2v) is 5.72. The van der Waals surface area contributed by atoms with Crippen molar-refractivity contribution in [3.63, 3.8) is 0 Å². The van der Waals surface area contributed by atoms with Crippen molar-refractivity contribution in [1.82, 2.24) is 4.72 Å². The molecule has 0 spiro atoms. The molecule has 0 rings (SSSR count). The van der Waals surface area contributed by atoms with E-state index in [2.05, 4.69) is 4.72 Å². The minimum Gasteiger partial charge on any atom is -0.216 e. The van der Waals surface area contributed by atoms with Gasteiger partial charge in [-0.3, -0.25) is 0 Å². The molecule has 0 saturated carbocycles. The van der Waals surface area contributed by atoms with Gasteiger partial charge in [-0.15, -0.1) is 0 Å². The van der Waals surface area contributed by atoms with Gasteiger partial charge >= 0.3 is 0 Å². The molecule has 0 aromatic rings. The summed E-state index contributed by atoms with van der Waals surface area (Å²) in [4.78, 5) is 0. The van der Waals surface area contributed by atoms with Gasteiger partial charge in [-0.25, -0.2) is 9.86 Å². The fraction of sp³-hybridized carbons (Fsp3) is 1.00. The van der Waals surface area contributed by atoms with E-state index in [-0.39, 0.29) is 4.75 Å². The van der Waals surface area contributed by atoms with Gasteiger partial charge in [-0.1, -0.05) is 0 Å². The van der Waals surface area contributed by atoms with Crippen LogP contribution in [0.3, 0.4) is 0 Å². The zero-order valence-electron chi connectivity index (χ0n) is 6.92. The van der Waals surface area contributed by atoms with E-state index in [9.17, 15) is 8.42 Å². The zero-order valence-corrected chi connectivity index (χ0v) is 8.55. The van der Waals surface area contributed by atoms with Gasteiger partial charge in [-0.2, -0.15) is 20.2 Å². The van der Waals surface area contributed by atoms with E-state index in [1.165, 1.54) is 0 Å². The fourth-order valence-electron chi connectivity index (χ4n) is 0.347. The fourth-order valence-corrected chi connectivity index (χ4v) is 1.22. The molecule has 0 bridgehead atoms. The van der Waals surface area contributed by atoms with Crippen LogP contribution >= 0.6 is 11.8 Å². The van der Waals surface area contributed by atoms with Crippen LogP contribution in [0.1, 0.15) is 13.8 Å². The van der Waals surface area contributed by atoms with Gasteiger partial charge in [0.15, 0.2) is 0 Å². The highest BCUT2D eigenvalue weighted by atomic mass is 32.2. The number of thioether (sulfide) groups is 1. The summed E-state index contributed by atoms with van der Waals surface area (Å²) >= 11 is 1.59. The summed E-state index contributed by atoms with van der Waals surface area (Å²) in [6.07, 6.45) is 1.92. The van der Waals surface area contributed by atoms with Crippen molar-refractivity contribution < 1.29 is 8.42 Å². The molecule has 68 valence electrons. The SMILES string of the molecule is CSC(C)(C)CNS(N)(=O)=O.